The van der Waals surface area contributed by atoms with Gasteiger partial charge in [0.15, 0.2) is 0 Å². The molecule has 1 aliphatic carbocycles. The summed E-state index contributed by atoms with van der Waals surface area (Å²) in [5, 5.41) is 3.07. The van der Waals surface area contributed by atoms with Crippen molar-refractivity contribution in [2.75, 3.05) is 20.2 Å². The van der Waals surface area contributed by atoms with Crippen molar-refractivity contribution in [3.05, 3.63) is 41.5 Å². The molecule has 0 unspecified atom stereocenters. The van der Waals surface area contributed by atoms with E-state index in [-0.39, 0.29) is 0 Å². The summed E-state index contributed by atoms with van der Waals surface area (Å²) >= 11 is 0. The highest BCUT2D eigenvalue weighted by molar-refractivity contribution is 5.37. The molecule has 92 valence electrons. The van der Waals surface area contributed by atoms with E-state index in [0.29, 0.717) is 6.61 Å². The summed E-state index contributed by atoms with van der Waals surface area (Å²) in [6.07, 6.45) is 5.06. The van der Waals surface area contributed by atoms with Crippen LogP contribution in [-0.4, -0.2) is 20.2 Å². The highest BCUT2D eigenvalue weighted by Gasteiger charge is 2.09. The minimum atomic E-state index is 0.597. The zero-order chi connectivity index (χ0) is 12.1. The Morgan fingerprint density at radius 3 is 2.82 bits per heavy atom. The first-order valence-corrected chi connectivity index (χ1v) is 6.35. The van der Waals surface area contributed by atoms with E-state index < -0.39 is 0 Å². The van der Waals surface area contributed by atoms with Crippen molar-refractivity contribution in [1.29, 1.82) is 0 Å². The second kappa shape index (κ2) is 5.87. The Balaban J connectivity index is 1.95. The van der Waals surface area contributed by atoms with Gasteiger partial charge in [-0.1, -0.05) is 12.6 Å². The second-order valence-electron chi connectivity index (χ2n) is 4.71. The maximum absolute atomic E-state index is 5.75. The predicted molar refractivity (Wildman–Crippen MR) is 71.6 cm³/mol. The van der Waals surface area contributed by atoms with Gasteiger partial charge in [0.1, 0.15) is 12.4 Å². The largest absolute Gasteiger partial charge is 0.489 e. The van der Waals surface area contributed by atoms with Gasteiger partial charge in [-0.3, -0.25) is 0 Å². The van der Waals surface area contributed by atoms with Gasteiger partial charge in [-0.15, -0.1) is 0 Å². The molecule has 0 atom stereocenters. The lowest BCUT2D eigenvalue weighted by atomic mass is 9.92. The number of likely N-dealkylation sites (N-methyl/N-ethyl adjacent to an activating group) is 1. The van der Waals surface area contributed by atoms with Crippen molar-refractivity contribution in [2.24, 2.45) is 0 Å². The predicted octanol–water partition coefficient (Wildman–Crippen LogP) is 2.72. The molecule has 0 spiro atoms. The summed E-state index contributed by atoms with van der Waals surface area (Å²) in [6.45, 7) is 5.37. The Kier molecular flexibility index (Phi) is 4.21. The third kappa shape index (κ3) is 3.34. The van der Waals surface area contributed by atoms with Crippen molar-refractivity contribution in [3.8, 4) is 5.75 Å². The van der Waals surface area contributed by atoms with E-state index in [0.717, 1.165) is 17.9 Å². The van der Waals surface area contributed by atoms with Crippen LogP contribution in [-0.2, 0) is 12.8 Å². The third-order valence-electron chi connectivity index (χ3n) is 3.19. The zero-order valence-corrected chi connectivity index (χ0v) is 10.6. The Bertz CT molecular complexity index is 398. The summed E-state index contributed by atoms with van der Waals surface area (Å²) in [5.74, 6) is 0.975. The molecular formula is C15H21NO. The van der Waals surface area contributed by atoms with Crippen molar-refractivity contribution in [1.82, 2.24) is 5.32 Å². The smallest absolute Gasteiger partial charge is 0.120 e. The average Bonchev–Trinajstić information content (AvgIpc) is 2.36. The number of rotatable bonds is 5. The van der Waals surface area contributed by atoms with Gasteiger partial charge >= 0.3 is 0 Å². The number of ether oxygens (including phenoxy) is 1. The molecule has 1 aromatic carbocycles. The van der Waals surface area contributed by atoms with E-state index in [1.807, 2.05) is 7.05 Å². The highest BCUT2D eigenvalue weighted by atomic mass is 16.5. The minimum absolute atomic E-state index is 0.597. The fraction of sp³-hybridized carbons (Fsp3) is 0.467. The molecule has 0 saturated heterocycles. The van der Waals surface area contributed by atoms with Gasteiger partial charge in [-0.2, -0.15) is 0 Å². The van der Waals surface area contributed by atoms with Crippen LogP contribution in [0.4, 0.5) is 0 Å². The molecule has 0 saturated carbocycles. The zero-order valence-electron chi connectivity index (χ0n) is 10.6. The summed E-state index contributed by atoms with van der Waals surface area (Å²) in [4.78, 5) is 0. The number of aryl methyl sites for hydroxylation is 2. The van der Waals surface area contributed by atoms with E-state index in [4.69, 9.17) is 4.74 Å². The van der Waals surface area contributed by atoms with Crippen LogP contribution < -0.4 is 10.1 Å². The van der Waals surface area contributed by atoms with Crippen LogP contribution in [0.3, 0.4) is 0 Å². The molecule has 1 aromatic rings. The number of fused-ring (bicyclic) bond motifs is 1. The summed E-state index contributed by atoms with van der Waals surface area (Å²) in [6, 6.07) is 6.49. The first kappa shape index (κ1) is 12.2. The Labute approximate surface area is 104 Å². The van der Waals surface area contributed by atoms with Crippen molar-refractivity contribution in [3.63, 3.8) is 0 Å². The Morgan fingerprint density at radius 1 is 1.29 bits per heavy atom. The first-order valence-electron chi connectivity index (χ1n) is 6.35. The van der Waals surface area contributed by atoms with Crippen LogP contribution in [0.15, 0.2) is 30.4 Å². The molecule has 2 rings (SSSR count). The van der Waals surface area contributed by atoms with Gasteiger partial charge in [0, 0.05) is 6.54 Å². The van der Waals surface area contributed by atoms with Crippen LogP contribution in [0.25, 0.3) is 0 Å². The number of hydrogen-bond acceptors (Lipinski definition) is 2. The summed E-state index contributed by atoms with van der Waals surface area (Å²) < 4.78 is 5.75. The quantitative estimate of drug-likeness (QED) is 0.787. The molecule has 0 amide bonds. The minimum Gasteiger partial charge on any atom is -0.489 e. The number of benzene rings is 1. The molecule has 1 aliphatic rings. The Hall–Kier alpha value is -1.28. The molecule has 0 bridgehead atoms. The van der Waals surface area contributed by atoms with Gasteiger partial charge in [0.2, 0.25) is 0 Å². The van der Waals surface area contributed by atoms with Gasteiger partial charge in [-0.25, -0.2) is 0 Å². The lowest BCUT2D eigenvalue weighted by Crippen LogP contribution is -2.14. The van der Waals surface area contributed by atoms with Crippen LogP contribution in [0.5, 0.6) is 5.75 Å². The standard InChI is InChI=1S/C15H21NO/c1-12(10-16-2)11-17-15-8-7-13-5-3-4-6-14(13)9-15/h7-9,16H,1,3-6,10-11H2,2H3. The molecule has 2 heteroatoms. The molecule has 0 heterocycles. The van der Waals surface area contributed by atoms with Gasteiger partial charge < -0.3 is 10.1 Å². The lowest BCUT2D eigenvalue weighted by Gasteiger charge is -2.17. The highest BCUT2D eigenvalue weighted by Crippen LogP contribution is 2.25. The molecule has 17 heavy (non-hydrogen) atoms. The van der Waals surface area contributed by atoms with Crippen molar-refractivity contribution >= 4 is 0 Å². The van der Waals surface area contributed by atoms with E-state index >= 15 is 0 Å². The van der Waals surface area contributed by atoms with E-state index in [9.17, 15) is 0 Å². The van der Waals surface area contributed by atoms with Crippen LogP contribution >= 0.6 is 0 Å². The summed E-state index contributed by atoms with van der Waals surface area (Å²) in [7, 11) is 1.92. The summed E-state index contributed by atoms with van der Waals surface area (Å²) in [5.41, 5.74) is 4.04. The molecular weight excluding hydrogens is 210 g/mol. The maximum Gasteiger partial charge on any atom is 0.120 e. The van der Waals surface area contributed by atoms with Crippen LogP contribution in [0.1, 0.15) is 24.0 Å². The van der Waals surface area contributed by atoms with E-state index in [1.165, 1.54) is 36.8 Å². The van der Waals surface area contributed by atoms with Gasteiger partial charge in [-0.05, 0) is 61.6 Å². The maximum atomic E-state index is 5.75. The monoisotopic (exact) mass is 231 g/mol. The fourth-order valence-corrected chi connectivity index (χ4v) is 2.29. The number of hydrogen-bond donors (Lipinski definition) is 1. The topological polar surface area (TPSA) is 21.3 Å². The van der Waals surface area contributed by atoms with Gasteiger partial charge in [0.25, 0.3) is 0 Å². The molecule has 1 N–H and O–H groups in total. The molecule has 0 radical (unpaired) electrons. The lowest BCUT2D eigenvalue weighted by molar-refractivity contribution is 0.348. The van der Waals surface area contributed by atoms with E-state index in [1.54, 1.807) is 0 Å². The Morgan fingerprint density at radius 2 is 2.06 bits per heavy atom. The number of nitrogens with one attached hydrogen (secondary N) is 1. The average molecular weight is 231 g/mol. The first-order chi connectivity index (χ1) is 8.29. The SMILES string of the molecule is C=C(CNC)COc1ccc2c(c1)CCCC2. The van der Waals surface area contributed by atoms with Crippen LogP contribution in [0, 0.1) is 0 Å². The second-order valence-corrected chi connectivity index (χ2v) is 4.71. The fourth-order valence-electron chi connectivity index (χ4n) is 2.29. The van der Waals surface area contributed by atoms with E-state index in [2.05, 4.69) is 30.1 Å². The molecule has 2 nitrogen and oxygen atoms in total. The molecule has 0 aliphatic heterocycles. The normalized spacial score (nSPS) is 14.2. The van der Waals surface area contributed by atoms with Crippen molar-refractivity contribution < 1.29 is 4.74 Å². The van der Waals surface area contributed by atoms with Gasteiger partial charge in [0.05, 0.1) is 0 Å². The molecule has 0 fully saturated rings. The van der Waals surface area contributed by atoms with Crippen molar-refractivity contribution in [2.45, 2.75) is 25.7 Å². The molecule has 0 aromatic heterocycles. The van der Waals surface area contributed by atoms with Crippen LogP contribution in [0.2, 0.25) is 0 Å². The third-order valence-corrected chi connectivity index (χ3v) is 3.19.